The van der Waals surface area contributed by atoms with Crippen molar-refractivity contribution in [1.82, 2.24) is 4.90 Å². The summed E-state index contributed by atoms with van der Waals surface area (Å²) in [6.45, 7) is 7.93. The zero-order valence-corrected chi connectivity index (χ0v) is 14.3. The summed E-state index contributed by atoms with van der Waals surface area (Å²) in [5.41, 5.74) is 0.383. The van der Waals surface area contributed by atoms with E-state index in [-0.39, 0.29) is 5.91 Å². The molecule has 0 saturated carbocycles. The summed E-state index contributed by atoms with van der Waals surface area (Å²) in [6.07, 6.45) is 2.18. The van der Waals surface area contributed by atoms with Crippen LogP contribution in [0.4, 0.5) is 0 Å². The Balaban J connectivity index is 2.23. The van der Waals surface area contributed by atoms with Crippen LogP contribution in [0.15, 0.2) is 18.2 Å². The minimum absolute atomic E-state index is 0.187. The molecule has 1 heterocycles. The number of carbonyl (C=O) groups is 1. The number of carbonyl (C=O) groups excluding carboxylic acids is 1. The first-order valence-corrected chi connectivity index (χ1v) is 7.92. The first kappa shape index (κ1) is 16.7. The van der Waals surface area contributed by atoms with Crippen molar-refractivity contribution >= 4 is 5.91 Å². The summed E-state index contributed by atoms with van der Waals surface area (Å²) in [5.74, 6) is 2.24. The highest BCUT2D eigenvalue weighted by Gasteiger charge is 2.35. The van der Waals surface area contributed by atoms with Gasteiger partial charge in [0, 0.05) is 13.1 Å². The molecule has 0 unspecified atom stereocenters. The van der Waals surface area contributed by atoms with Crippen LogP contribution in [-0.2, 0) is 10.2 Å². The summed E-state index contributed by atoms with van der Waals surface area (Å²) in [5, 5.41) is 0. The van der Waals surface area contributed by atoms with Crippen molar-refractivity contribution in [2.45, 2.75) is 39.0 Å². The second-order valence-corrected chi connectivity index (χ2v) is 6.67. The van der Waals surface area contributed by atoms with Gasteiger partial charge in [0.25, 0.3) is 0 Å². The number of hydrogen-bond acceptors (Lipinski definition) is 3. The smallest absolute Gasteiger partial charge is 0.232 e. The molecule has 4 nitrogen and oxygen atoms in total. The molecular formula is C18H27NO3. The van der Waals surface area contributed by atoms with Gasteiger partial charge in [-0.3, -0.25) is 4.79 Å². The summed E-state index contributed by atoms with van der Waals surface area (Å²) in [6, 6.07) is 5.72. The third-order valence-electron chi connectivity index (χ3n) is 4.71. The van der Waals surface area contributed by atoms with Crippen LogP contribution in [-0.4, -0.2) is 38.1 Å². The third-order valence-corrected chi connectivity index (χ3v) is 4.71. The predicted octanol–water partition coefficient (Wildman–Crippen LogP) is 3.24. The van der Waals surface area contributed by atoms with E-state index >= 15 is 0 Å². The molecule has 1 saturated heterocycles. The largest absolute Gasteiger partial charge is 0.493 e. The van der Waals surface area contributed by atoms with Crippen molar-refractivity contribution in [1.29, 1.82) is 0 Å². The molecule has 0 spiro atoms. The molecule has 0 N–H and O–H groups in total. The quantitative estimate of drug-likeness (QED) is 0.857. The van der Waals surface area contributed by atoms with E-state index in [9.17, 15) is 4.79 Å². The lowest BCUT2D eigenvalue weighted by Crippen LogP contribution is -2.46. The van der Waals surface area contributed by atoms with Crippen LogP contribution in [0.5, 0.6) is 11.5 Å². The number of methoxy groups -OCH3 is 2. The average molecular weight is 305 g/mol. The van der Waals surface area contributed by atoms with Gasteiger partial charge in [0.1, 0.15) is 0 Å². The molecule has 1 amide bonds. The van der Waals surface area contributed by atoms with Crippen molar-refractivity contribution in [2.75, 3.05) is 27.3 Å². The SMILES string of the molecule is COc1ccc(C(C)(C)C(=O)N2CCC(C)CC2)cc1OC. The van der Waals surface area contributed by atoms with E-state index in [1.807, 2.05) is 36.9 Å². The van der Waals surface area contributed by atoms with E-state index in [1.54, 1.807) is 14.2 Å². The molecule has 122 valence electrons. The van der Waals surface area contributed by atoms with E-state index in [2.05, 4.69) is 6.92 Å². The molecule has 22 heavy (non-hydrogen) atoms. The Morgan fingerprint density at radius 3 is 2.27 bits per heavy atom. The monoisotopic (exact) mass is 305 g/mol. The number of amides is 1. The first-order valence-electron chi connectivity index (χ1n) is 7.92. The van der Waals surface area contributed by atoms with Crippen LogP contribution in [0.3, 0.4) is 0 Å². The van der Waals surface area contributed by atoms with Gasteiger partial charge in [0.05, 0.1) is 19.6 Å². The summed E-state index contributed by atoms with van der Waals surface area (Å²) >= 11 is 0. The summed E-state index contributed by atoms with van der Waals surface area (Å²) in [4.78, 5) is 14.9. The molecule has 1 aliphatic heterocycles. The van der Waals surface area contributed by atoms with Crippen molar-refractivity contribution < 1.29 is 14.3 Å². The Hall–Kier alpha value is -1.71. The minimum Gasteiger partial charge on any atom is -0.493 e. The zero-order valence-electron chi connectivity index (χ0n) is 14.3. The Morgan fingerprint density at radius 2 is 1.73 bits per heavy atom. The molecule has 0 aliphatic carbocycles. The molecule has 1 aromatic carbocycles. The van der Waals surface area contributed by atoms with Gasteiger partial charge in [0.15, 0.2) is 11.5 Å². The Bertz CT molecular complexity index is 531. The standard InChI is InChI=1S/C18H27NO3/c1-13-8-10-19(11-9-13)17(20)18(2,3)14-6-7-15(21-4)16(12-14)22-5/h6-7,12-13H,8-11H2,1-5H3. The lowest BCUT2D eigenvalue weighted by Gasteiger charge is -2.36. The molecular weight excluding hydrogens is 278 g/mol. The highest BCUT2D eigenvalue weighted by atomic mass is 16.5. The maximum absolute atomic E-state index is 12.9. The highest BCUT2D eigenvalue weighted by molar-refractivity contribution is 5.87. The van der Waals surface area contributed by atoms with Crippen molar-refractivity contribution in [3.8, 4) is 11.5 Å². The third kappa shape index (κ3) is 3.21. The molecule has 0 aromatic heterocycles. The Morgan fingerprint density at radius 1 is 1.14 bits per heavy atom. The van der Waals surface area contributed by atoms with Gasteiger partial charge in [-0.25, -0.2) is 0 Å². The summed E-state index contributed by atoms with van der Waals surface area (Å²) < 4.78 is 10.6. The van der Waals surface area contributed by atoms with Crippen LogP contribution < -0.4 is 9.47 Å². The van der Waals surface area contributed by atoms with Crippen molar-refractivity contribution in [3.05, 3.63) is 23.8 Å². The molecule has 0 radical (unpaired) electrons. The van der Waals surface area contributed by atoms with Crippen LogP contribution in [0.25, 0.3) is 0 Å². The van der Waals surface area contributed by atoms with E-state index in [0.29, 0.717) is 17.4 Å². The lowest BCUT2D eigenvalue weighted by atomic mass is 9.82. The fourth-order valence-corrected chi connectivity index (χ4v) is 2.96. The average Bonchev–Trinajstić information content (AvgIpc) is 2.54. The van der Waals surface area contributed by atoms with Crippen LogP contribution in [0.1, 0.15) is 39.2 Å². The molecule has 1 aliphatic rings. The molecule has 4 heteroatoms. The second-order valence-electron chi connectivity index (χ2n) is 6.67. The van der Waals surface area contributed by atoms with Gasteiger partial charge >= 0.3 is 0 Å². The van der Waals surface area contributed by atoms with E-state index in [4.69, 9.17) is 9.47 Å². The van der Waals surface area contributed by atoms with E-state index in [0.717, 1.165) is 31.5 Å². The number of nitrogens with zero attached hydrogens (tertiary/aromatic N) is 1. The Labute approximate surface area is 133 Å². The van der Waals surface area contributed by atoms with Gasteiger partial charge in [-0.05, 0) is 50.3 Å². The molecule has 1 fully saturated rings. The number of hydrogen-bond donors (Lipinski definition) is 0. The number of rotatable bonds is 4. The molecule has 1 aromatic rings. The molecule has 2 rings (SSSR count). The van der Waals surface area contributed by atoms with Crippen molar-refractivity contribution in [2.24, 2.45) is 5.92 Å². The number of benzene rings is 1. The van der Waals surface area contributed by atoms with Gasteiger partial charge in [-0.2, -0.15) is 0 Å². The lowest BCUT2D eigenvalue weighted by molar-refractivity contribution is -0.137. The van der Waals surface area contributed by atoms with E-state index < -0.39 is 5.41 Å². The van der Waals surface area contributed by atoms with E-state index in [1.165, 1.54) is 0 Å². The fourth-order valence-electron chi connectivity index (χ4n) is 2.96. The Kier molecular flexibility index (Phi) is 4.99. The van der Waals surface area contributed by atoms with Crippen molar-refractivity contribution in [3.63, 3.8) is 0 Å². The van der Waals surface area contributed by atoms with Crippen LogP contribution >= 0.6 is 0 Å². The predicted molar refractivity (Wildman–Crippen MR) is 87.6 cm³/mol. The van der Waals surface area contributed by atoms with Crippen LogP contribution in [0, 0.1) is 5.92 Å². The molecule has 0 bridgehead atoms. The highest BCUT2D eigenvalue weighted by Crippen LogP contribution is 2.34. The number of piperidine rings is 1. The second kappa shape index (κ2) is 6.59. The number of ether oxygens (including phenoxy) is 2. The maximum atomic E-state index is 12.9. The number of likely N-dealkylation sites (tertiary alicyclic amines) is 1. The normalized spacial score (nSPS) is 16.5. The minimum atomic E-state index is -0.569. The van der Waals surface area contributed by atoms with Gasteiger partial charge < -0.3 is 14.4 Å². The zero-order chi connectivity index (χ0) is 16.3. The van der Waals surface area contributed by atoms with Gasteiger partial charge in [-0.15, -0.1) is 0 Å². The topological polar surface area (TPSA) is 38.8 Å². The van der Waals surface area contributed by atoms with Gasteiger partial charge in [-0.1, -0.05) is 13.0 Å². The molecule has 0 atom stereocenters. The van der Waals surface area contributed by atoms with Crippen LogP contribution in [0.2, 0.25) is 0 Å². The van der Waals surface area contributed by atoms with Gasteiger partial charge in [0.2, 0.25) is 5.91 Å². The maximum Gasteiger partial charge on any atom is 0.232 e. The summed E-state index contributed by atoms with van der Waals surface area (Å²) in [7, 11) is 3.23. The fraction of sp³-hybridized carbons (Fsp3) is 0.611. The first-order chi connectivity index (χ1) is 10.4.